The number of nitrogens with zero attached hydrogens (tertiary/aromatic N) is 2. The number of aromatic nitrogens is 2. The smallest absolute Gasteiger partial charge is 0.226 e. The lowest BCUT2D eigenvalue weighted by atomic mass is 10.1. The number of anilines is 1. The van der Waals surface area contributed by atoms with Gasteiger partial charge in [-0.1, -0.05) is 28.1 Å². The van der Waals surface area contributed by atoms with Crippen molar-refractivity contribution in [2.75, 3.05) is 5.32 Å². The first-order chi connectivity index (χ1) is 10.2. The van der Waals surface area contributed by atoms with Gasteiger partial charge in [-0.3, -0.25) is 4.79 Å². The van der Waals surface area contributed by atoms with E-state index in [1.807, 2.05) is 41.1 Å². The predicted molar refractivity (Wildman–Crippen MR) is 87.1 cm³/mol. The summed E-state index contributed by atoms with van der Waals surface area (Å²) >= 11 is 3.45. The molecule has 0 spiro atoms. The fraction of sp³-hybridized carbons (Fsp3) is 0.125. The topological polar surface area (TPSA) is 46.9 Å². The molecule has 0 bridgehead atoms. The average Bonchev–Trinajstić information content (AvgIpc) is 2.99. The summed E-state index contributed by atoms with van der Waals surface area (Å²) in [6, 6.07) is 12.0. The fourth-order valence-electron chi connectivity index (χ4n) is 2.17. The normalized spacial score (nSPS) is 10.7. The van der Waals surface area contributed by atoms with Crippen LogP contribution >= 0.6 is 15.9 Å². The molecule has 2 aromatic carbocycles. The minimum Gasteiger partial charge on any atom is -0.337 e. The maximum absolute atomic E-state index is 11.9. The van der Waals surface area contributed by atoms with Crippen molar-refractivity contribution in [3.05, 3.63) is 59.6 Å². The second-order valence-corrected chi connectivity index (χ2v) is 5.72. The lowest BCUT2D eigenvalue weighted by molar-refractivity contribution is -0.116. The molecule has 21 heavy (non-hydrogen) atoms. The summed E-state index contributed by atoms with van der Waals surface area (Å²) in [5, 5.41) is 5.17. The number of benzene rings is 2. The van der Waals surface area contributed by atoms with Gasteiger partial charge in [0.1, 0.15) is 0 Å². The number of halogens is 1. The van der Waals surface area contributed by atoms with Crippen LogP contribution in [0.4, 0.5) is 5.69 Å². The molecule has 3 rings (SSSR count). The zero-order valence-electron chi connectivity index (χ0n) is 11.3. The van der Waals surface area contributed by atoms with Gasteiger partial charge in [-0.05, 0) is 35.0 Å². The lowest BCUT2D eigenvalue weighted by Crippen LogP contribution is -2.13. The Kier molecular flexibility index (Phi) is 4.01. The van der Waals surface area contributed by atoms with E-state index >= 15 is 0 Å². The highest BCUT2D eigenvalue weighted by molar-refractivity contribution is 9.10. The van der Waals surface area contributed by atoms with Crippen molar-refractivity contribution >= 4 is 38.3 Å². The Labute approximate surface area is 130 Å². The molecule has 0 radical (unpaired) electrons. The molecule has 0 saturated heterocycles. The number of nitrogens with one attached hydrogen (secondary N) is 1. The van der Waals surface area contributed by atoms with E-state index in [-0.39, 0.29) is 5.91 Å². The van der Waals surface area contributed by atoms with Gasteiger partial charge in [0, 0.05) is 35.5 Å². The molecule has 0 atom stereocenters. The highest BCUT2D eigenvalue weighted by Crippen LogP contribution is 2.23. The van der Waals surface area contributed by atoms with E-state index < -0.39 is 0 Å². The van der Waals surface area contributed by atoms with Crippen LogP contribution in [-0.2, 0) is 11.3 Å². The van der Waals surface area contributed by atoms with E-state index in [0.717, 1.165) is 20.9 Å². The van der Waals surface area contributed by atoms with E-state index in [1.54, 1.807) is 12.5 Å². The maximum Gasteiger partial charge on any atom is 0.226 e. The van der Waals surface area contributed by atoms with Crippen LogP contribution in [0.1, 0.15) is 6.42 Å². The minimum absolute atomic E-state index is 0.000150. The number of hydrogen-bond donors (Lipinski definition) is 1. The number of carbonyl (C=O) groups excluding carboxylic acids is 1. The monoisotopic (exact) mass is 343 g/mol. The summed E-state index contributed by atoms with van der Waals surface area (Å²) in [4.78, 5) is 15.9. The van der Waals surface area contributed by atoms with E-state index in [9.17, 15) is 4.79 Å². The van der Waals surface area contributed by atoms with Gasteiger partial charge in [-0.2, -0.15) is 0 Å². The van der Waals surface area contributed by atoms with Gasteiger partial charge in [-0.15, -0.1) is 0 Å². The number of amides is 1. The molecule has 0 aliphatic rings. The van der Waals surface area contributed by atoms with E-state index in [2.05, 4.69) is 32.3 Å². The van der Waals surface area contributed by atoms with Crippen LogP contribution in [0.15, 0.2) is 59.6 Å². The molecule has 3 aromatic rings. The summed E-state index contributed by atoms with van der Waals surface area (Å²) in [6.07, 6.45) is 5.69. The quantitative estimate of drug-likeness (QED) is 0.782. The molecule has 1 heterocycles. The summed E-state index contributed by atoms with van der Waals surface area (Å²) in [7, 11) is 0. The van der Waals surface area contributed by atoms with Gasteiger partial charge in [-0.25, -0.2) is 4.98 Å². The molecule has 0 aliphatic heterocycles. The molecule has 0 fully saturated rings. The SMILES string of the molecule is O=C(CCn1ccnc1)Nc1ccc2cc(Br)ccc2c1. The van der Waals surface area contributed by atoms with Gasteiger partial charge in [0.05, 0.1) is 6.33 Å². The lowest BCUT2D eigenvalue weighted by Gasteiger charge is -2.07. The second-order valence-electron chi connectivity index (χ2n) is 4.80. The van der Waals surface area contributed by atoms with Crippen molar-refractivity contribution < 1.29 is 4.79 Å². The molecule has 5 heteroatoms. The van der Waals surface area contributed by atoms with Gasteiger partial charge in [0.2, 0.25) is 5.91 Å². The molecular formula is C16H14BrN3O. The van der Waals surface area contributed by atoms with E-state index in [1.165, 1.54) is 0 Å². The van der Waals surface area contributed by atoms with Gasteiger partial charge in [0.15, 0.2) is 0 Å². The van der Waals surface area contributed by atoms with Crippen LogP contribution in [0.25, 0.3) is 10.8 Å². The molecular weight excluding hydrogens is 330 g/mol. The maximum atomic E-state index is 11.9. The van der Waals surface area contributed by atoms with E-state index in [4.69, 9.17) is 0 Å². The van der Waals surface area contributed by atoms with Crippen molar-refractivity contribution in [2.45, 2.75) is 13.0 Å². The van der Waals surface area contributed by atoms with Crippen molar-refractivity contribution in [1.29, 1.82) is 0 Å². The first kappa shape index (κ1) is 13.8. The first-order valence-electron chi connectivity index (χ1n) is 6.66. The second kappa shape index (κ2) is 6.10. The molecule has 0 unspecified atom stereocenters. The Balaban J connectivity index is 1.66. The third kappa shape index (κ3) is 3.49. The van der Waals surface area contributed by atoms with Gasteiger partial charge >= 0.3 is 0 Å². The number of carbonyl (C=O) groups is 1. The molecule has 1 N–H and O–H groups in total. The first-order valence-corrected chi connectivity index (χ1v) is 7.45. The Morgan fingerprint density at radius 3 is 2.81 bits per heavy atom. The summed E-state index contributed by atoms with van der Waals surface area (Å²) in [5.41, 5.74) is 0.820. The summed E-state index contributed by atoms with van der Waals surface area (Å²) in [5.74, 6) is 0.000150. The van der Waals surface area contributed by atoms with Crippen molar-refractivity contribution in [2.24, 2.45) is 0 Å². The minimum atomic E-state index is 0.000150. The van der Waals surface area contributed by atoms with Gasteiger partial charge < -0.3 is 9.88 Å². The third-order valence-electron chi connectivity index (χ3n) is 3.24. The van der Waals surface area contributed by atoms with Crippen molar-refractivity contribution in [3.63, 3.8) is 0 Å². The number of imidazole rings is 1. The Morgan fingerprint density at radius 2 is 2.00 bits per heavy atom. The van der Waals surface area contributed by atoms with Crippen LogP contribution in [0.3, 0.4) is 0 Å². The van der Waals surface area contributed by atoms with E-state index in [0.29, 0.717) is 13.0 Å². The predicted octanol–water partition coefficient (Wildman–Crippen LogP) is 3.83. The molecule has 0 aliphatic carbocycles. The molecule has 1 amide bonds. The summed E-state index contributed by atoms with van der Waals surface area (Å²) < 4.78 is 2.93. The Morgan fingerprint density at radius 1 is 1.19 bits per heavy atom. The molecule has 0 saturated carbocycles. The molecule has 4 nitrogen and oxygen atoms in total. The molecule has 106 valence electrons. The highest BCUT2D eigenvalue weighted by atomic mass is 79.9. The standard InChI is InChI=1S/C16H14BrN3O/c17-14-3-1-13-10-15(4-2-12(13)9-14)19-16(21)5-7-20-8-6-18-11-20/h1-4,6,8-11H,5,7H2,(H,19,21). The zero-order chi connectivity index (χ0) is 14.7. The van der Waals surface area contributed by atoms with Crippen LogP contribution in [-0.4, -0.2) is 15.5 Å². The van der Waals surface area contributed by atoms with Crippen molar-refractivity contribution in [1.82, 2.24) is 9.55 Å². The number of fused-ring (bicyclic) bond motifs is 1. The van der Waals surface area contributed by atoms with Gasteiger partial charge in [0.25, 0.3) is 0 Å². The number of aryl methyl sites for hydroxylation is 1. The van der Waals surface area contributed by atoms with Crippen LogP contribution in [0.2, 0.25) is 0 Å². The third-order valence-corrected chi connectivity index (χ3v) is 3.74. The Bertz CT molecular complexity index is 768. The largest absolute Gasteiger partial charge is 0.337 e. The molecule has 1 aromatic heterocycles. The Hall–Kier alpha value is -2.14. The fourth-order valence-corrected chi connectivity index (χ4v) is 2.55. The summed E-state index contributed by atoms with van der Waals surface area (Å²) in [6.45, 7) is 0.631. The zero-order valence-corrected chi connectivity index (χ0v) is 12.9. The van der Waals surface area contributed by atoms with Crippen molar-refractivity contribution in [3.8, 4) is 0 Å². The van der Waals surface area contributed by atoms with Crippen LogP contribution in [0.5, 0.6) is 0 Å². The van der Waals surface area contributed by atoms with Crippen LogP contribution < -0.4 is 5.32 Å². The number of hydrogen-bond acceptors (Lipinski definition) is 2. The average molecular weight is 344 g/mol. The number of rotatable bonds is 4. The van der Waals surface area contributed by atoms with Crippen LogP contribution in [0, 0.1) is 0 Å². The highest BCUT2D eigenvalue weighted by Gasteiger charge is 2.04.